The van der Waals surface area contributed by atoms with Crippen molar-refractivity contribution in [2.24, 2.45) is 0 Å². The molecular formula is C22H24O2. The number of hydrogen-bond donors (Lipinski definition) is 0. The van der Waals surface area contributed by atoms with Crippen molar-refractivity contribution in [1.82, 2.24) is 0 Å². The summed E-state index contributed by atoms with van der Waals surface area (Å²) in [5, 5.41) is 0. The first-order valence-electron chi connectivity index (χ1n) is 8.66. The highest BCUT2D eigenvalue weighted by molar-refractivity contribution is 5.43. The Morgan fingerprint density at radius 3 is 2.00 bits per heavy atom. The second-order valence-corrected chi connectivity index (χ2v) is 5.83. The average Bonchev–Trinajstić information content (AvgIpc) is 2.65. The second-order valence-electron chi connectivity index (χ2n) is 5.83. The van der Waals surface area contributed by atoms with Crippen LogP contribution in [0.15, 0.2) is 84.0 Å². The van der Waals surface area contributed by atoms with Gasteiger partial charge in [-0.05, 0) is 30.5 Å². The summed E-state index contributed by atoms with van der Waals surface area (Å²) >= 11 is 0. The number of rotatable bonds is 6. The van der Waals surface area contributed by atoms with E-state index < -0.39 is 0 Å². The van der Waals surface area contributed by atoms with Crippen LogP contribution in [-0.2, 0) is 9.47 Å². The van der Waals surface area contributed by atoms with Gasteiger partial charge in [-0.25, -0.2) is 0 Å². The van der Waals surface area contributed by atoms with E-state index in [0.29, 0.717) is 12.6 Å². The third-order valence-electron chi connectivity index (χ3n) is 4.27. The van der Waals surface area contributed by atoms with Gasteiger partial charge in [0.2, 0.25) is 0 Å². The molecule has 3 rings (SSSR count). The first kappa shape index (κ1) is 16.4. The predicted octanol–water partition coefficient (Wildman–Crippen LogP) is 5.78. The average molecular weight is 320 g/mol. The summed E-state index contributed by atoms with van der Waals surface area (Å²) in [5.74, 6) is 1.81. The predicted molar refractivity (Wildman–Crippen MR) is 97.5 cm³/mol. The van der Waals surface area contributed by atoms with E-state index in [1.54, 1.807) is 0 Å². The Labute approximate surface area is 144 Å². The Kier molecular flexibility index (Phi) is 5.37. The largest absolute Gasteiger partial charge is 0.465 e. The number of allylic oxidation sites excluding steroid dienone is 3. The summed E-state index contributed by atoms with van der Waals surface area (Å²) in [6.07, 6.45) is 3.91. The van der Waals surface area contributed by atoms with Crippen LogP contribution in [0, 0.1) is 0 Å². The van der Waals surface area contributed by atoms with Crippen molar-refractivity contribution in [3.63, 3.8) is 0 Å². The molecule has 0 fully saturated rings. The lowest BCUT2D eigenvalue weighted by Gasteiger charge is -2.27. The Morgan fingerprint density at radius 1 is 0.917 bits per heavy atom. The Hall–Kier alpha value is -2.48. The van der Waals surface area contributed by atoms with Crippen LogP contribution in [0.25, 0.3) is 0 Å². The van der Waals surface area contributed by atoms with Gasteiger partial charge in [0.15, 0.2) is 0 Å². The van der Waals surface area contributed by atoms with E-state index in [0.717, 1.165) is 18.6 Å². The molecule has 0 saturated carbocycles. The number of benzene rings is 2. The highest BCUT2D eigenvalue weighted by Crippen LogP contribution is 2.39. The molecule has 2 nitrogen and oxygen atoms in total. The van der Waals surface area contributed by atoms with Gasteiger partial charge in [0.05, 0.1) is 6.61 Å². The summed E-state index contributed by atoms with van der Waals surface area (Å²) in [6, 6.07) is 21.1. The molecule has 2 aromatic rings. The topological polar surface area (TPSA) is 18.5 Å². The molecule has 0 unspecified atom stereocenters. The zero-order valence-electron chi connectivity index (χ0n) is 14.4. The lowest BCUT2D eigenvalue weighted by molar-refractivity contribution is 0.0632. The summed E-state index contributed by atoms with van der Waals surface area (Å²) in [6.45, 7) is 4.70. The molecule has 0 N–H and O–H groups in total. The number of ether oxygens (including phenoxy) is 2. The van der Waals surface area contributed by atoms with Crippen molar-refractivity contribution in [3.05, 3.63) is 95.1 Å². The molecule has 24 heavy (non-hydrogen) atoms. The fourth-order valence-corrected chi connectivity index (χ4v) is 3.12. The maximum atomic E-state index is 6.03. The van der Waals surface area contributed by atoms with Crippen molar-refractivity contribution >= 4 is 0 Å². The molecule has 1 aliphatic heterocycles. The number of hydrogen-bond acceptors (Lipinski definition) is 2. The third kappa shape index (κ3) is 3.53. The Morgan fingerprint density at radius 2 is 1.50 bits per heavy atom. The molecular weight excluding hydrogens is 296 g/mol. The normalized spacial score (nSPS) is 14.4. The van der Waals surface area contributed by atoms with E-state index in [1.807, 2.05) is 6.92 Å². The quantitative estimate of drug-likeness (QED) is 0.671. The molecule has 124 valence electrons. The molecule has 0 radical (unpaired) electrons. The minimum atomic E-state index is 0.142. The molecule has 1 aliphatic rings. The van der Waals surface area contributed by atoms with Gasteiger partial charge >= 0.3 is 0 Å². The SMILES string of the molecule is CCOC1=C(C(c2ccccc2)c2ccccc2)CC=C(CC)O1. The van der Waals surface area contributed by atoms with Gasteiger partial charge in [-0.15, -0.1) is 0 Å². The molecule has 2 aromatic carbocycles. The Balaban J connectivity index is 2.07. The molecule has 0 aliphatic carbocycles. The highest BCUT2D eigenvalue weighted by atomic mass is 16.7. The van der Waals surface area contributed by atoms with Gasteiger partial charge in [0.25, 0.3) is 5.95 Å². The minimum Gasteiger partial charge on any atom is -0.465 e. The Bertz CT molecular complexity index is 675. The van der Waals surface area contributed by atoms with E-state index in [-0.39, 0.29) is 5.92 Å². The standard InChI is InChI=1S/C22H24O2/c1-3-19-15-16-20(22(24-19)23-4-2)21(17-11-7-5-8-12-17)18-13-9-6-10-14-18/h5-15,21H,3-4,16H2,1-2H3. The van der Waals surface area contributed by atoms with E-state index in [2.05, 4.69) is 73.7 Å². The summed E-state index contributed by atoms with van der Waals surface area (Å²) < 4.78 is 11.9. The first-order valence-corrected chi connectivity index (χ1v) is 8.66. The smallest absolute Gasteiger partial charge is 0.284 e. The van der Waals surface area contributed by atoms with E-state index >= 15 is 0 Å². The summed E-state index contributed by atoms with van der Waals surface area (Å²) in [5.41, 5.74) is 3.70. The minimum absolute atomic E-state index is 0.142. The maximum absolute atomic E-state index is 6.03. The van der Waals surface area contributed by atoms with Crippen molar-refractivity contribution in [1.29, 1.82) is 0 Å². The zero-order chi connectivity index (χ0) is 16.8. The summed E-state index contributed by atoms with van der Waals surface area (Å²) in [7, 11) is 0. The van der Waals surface area contributed by atoms with E-state index in [9.17, 15) is 0 Å². The lowest BCUT2D eigenvalue weighted by atomic mass is 9.83. The highest BCUT2D eigenvalue weighted by Gasteiger charge is 2.26. The van der Waals surface area contributed by atoms with E-state index in [4.69, 9.17) is 9.47 Å². The van der Waals surface area contributed by atoms with Crippen LogP contribution >= 0.6 is 0 Å². The van der Waals surface area contributed by atoms with Crippen LogP contribution in [0.2, 0.25) is 0 Å². The van der Waals surface area contributed by atoms with Crippen LogP contribution in [0.4, 0.5) is 0 Å². The van der Waals surface area contributed by atoms with Gasteiger partial charge in [-0.1, -0.05) is 67.6 Å². The molecule has 0 atom stereocenters. The first-order chi connectivity index (χ1) is 11.8. The lowest BCUT2D eigenvalue weighted by Crippen LogP contribution is -2.14. The van der Waals surface area contributed by atoms with Crippen LogP contribution < -0.4 is 0 Å². The second kappa shape index (κ2) is 7.87. The van der Waals surface area contributed by atoms with Gasteiger partial charge < -0.3 is 9.47 Å². The fourth-order valence-electron chi connectivity index (χ4n) is 3.12. The molecule has 0 spiro atoms. The van der Waals surface area contributed by atoms with Gasteiger partial charge in [-0.3, -0.25) is 0 Å². The van der Waals surface area contributed by atoms with Crippen molar-refractivity contribution in [2.75, 3.05) is 6.61 Å². The molecule has 2 heteroatoms. The van der Waals surface area contributed by atoms with Crippen LogP contribution in [0.5, 0.6) is 0 Å². The monoisotopic (exact) mass is 320 g/mol. The molecule has 0 saturated heterocycles. The maximum Gasteiger partial charge on any atom is 0.284 e. The van der Waals surface area contributed by atoms with Crippen LogP contribution in [0.1, 0.15) is 43.7 Å². The fraction of sp³-hybridized carbons (Fsp3) is 0.273. The van der Waals surface area contributed by atoms with Crippen molar-refractivity contribution < 1.29 is 9.47 Å². The van der Waals surface area contributed by atoms with Crippen molar-refractivity contribution in [2.45, 2.75) is 32.6 Å². The molecule has 0 bridgehead atoms. The molecule has 0 aromatic heterocycles. The van der Waals surface area contributed by atoms with Gasteiger partial charge in [0.1, 0.15) is 5.76 Å². The van der Waals surface area contributed by atoms with Crippen LogP contribution in [-0.4, -0.2) is 6.61 Å². The van der Waals surface area contributed by atoms with Gasteiger partial charge in [-0.2, -0.15) is 0 Å². The molecule has 1 heterocycles. The van der Waals surface area contributed by atoms with Crippen molar-refractivity contribution in [3.8, 4) is 0 Å². The van der Waals surface area contributed by atoms with Crippen LogP contribution in [0.3, 0.4) is 0 Å². The third-order valence-corrected chi connectivity index (χ3v) is 4.27. The summed E-state index contributed by atoms with van der Waals surface area (Å²) in [4.78, 5) is 0. The van der Waals surface area contributed by atoms with E-state index in [1.165, 1.54) is 16.7 Å². The molecule has 0 amide bonds. The van der Waals surface area contributed by atoms with Gasteiger partial charge in [0, 0.05) is 17.9 Å². The zero-order valence-corrected chi connectivity index (χ0v) is 14.4.